The molecule has 2 aliphatic rings. The molecule has 0 aromatic rings. The van der Waals surface area contributed by atoms with Gasteiger partial charge >= 0.3 is 18.1 Å². The van der Waals surface area contributed by atoms with Crippen LogP contribution in [-0.4, -0.2) is 40.6 Å². The Morgan fingerprint density at radius 2 is 1.83 bits per heavy atom. The highest BCUT2D eigenvalue weighted by Gasteiger charge is 2.51. The molecule has 0 bridgehead atoms. The Morgan fingerprint density at radius 3 is 2.39 bits per heavy atom. The van der Waals surface area contributed by atoms with Crippen molar-refractivity contribution in [1.29, 1.82) is 0 Å². The van der Waals surface area contributed by atoms with Crippen molar-refractivity contribution < 1.29 is 27.9 Å². The van der Waals surface area contributed by atoms with Gasteiger partial charge in [-0.2, -0.15) is 13.2 Å². The van der Waals surface area contributed by atoms with Gasteiger partial charge in [0.15, 0.2) is 0 Å². The number of likely N-dealkylation sites (tertiary alicyclic amines) is 1. The summed E-state index contributed by atoms with van der Waals surface area (Å²) in [7, 11) is 0. The Balaban J connectivity index is 2.18. The molecule has 1 aliphatic carbocycles. The first-order valence-corrected chi connectivity index (χ1v) is 5.93. The molecule has 4 nitrogen and oxygen atoms in total. The summed E-state index contributed by atoms with van der Waals surface area (Å²) in [6.07, 6.45) is -3.03. The standard InChI is InChI=1S/C11H14F3NO3/c12-11(13,14)10(18)15-5-4-7(9(16)17)6-2-1-3-8(6)15/h6-8H,1-5H2,(H,16,17). The molecule has 0 aromatic carbocycles. The fraction of sp³-hybridized carbons (Fsp3) is 0.818. The number of hydrogen-bond acceptors (Lipinski definition) is 2. The van der Waals surface area contributed by atoms with Gasteiger partial charge in [0, 0.05) is 12.6 Å². The van der Waals surface area contributed by atoms with Crippen LogP contribution < -0.4 is 0 Å². The monoisotopic (exact) mass is 265 g/mol. The van der Waals surface area contributed by atoms with Gasteiger partial charge in [-0.15, -0.1) is 0 Å². The molecule has 102 valence electrons. The third-order valence-corrected chi connectivity index (χ3v) is 3.95. The highest BCUT2D eigenvalue weighted by atomic mass is 19.4. The third kappa shape index (κ3) is 2.18. The summed E-state index contributed by atoms with van der Waals surface area (Å²) in [6, 6.07) is -0.561. The lowest BCUT2D eigenvalue weighted by Crippen LogP contribution is -2.54. The molecule has 0 aromatic heterocycles. The van der Waals surface area contributed by atoms with E-state index in [0.29, 0.717) is 19.3 Å². The lowest BCUT2D eigenvalue weighted by molar-refractivity contribution is -0.191. The minimum atomic E-state index is -4.87. The molecule has 18 heavy (non-hydrogen) atoms. The minimum absolute atomic E-state index is 0.109. The Bertz CT molecular complexity index is 369. The topological polar surface area (TPSA) is 57.6 Å². The Labute approximate surface area is 102 Å². The molecule has 1 heterocycles. The molecule has 1 aliphatic heterocycles. The van der Waals surface area contributed by atoms with Crippen LogP contribution in [0.3, 0.4) is 0 Å². The molecule has 3 atom stereocenters. The number of carbonyl (C=O) groups excluding carboxylic acids is 1. The number of carbonyl (C=O) groups is 2. The SMILES string of the molecule is O=C(O)C1CCN(C(=O)C(F)(F)F)C2CCCC12. The summed E-state index contributed by atoms with van der Waals surface area (Å²) in [6.45, 7) is -0.115. The number of amides is 1. The second kappa shape index (κ2) is 4.44. The zero-order valence-electron chi connectivity index (χ0n) is 9.61. The van der Waals surface area contributed by atoms with Gasteiger partial charge in [0.2, 0.25) is 0 Å². The second-order valence-corrected chi connectivity index (χ2v) is 4.89. The average Bonchev–Trinajstić information content (AvgIpc) is 2.73. The predicted molar refractivity (Wildman–Crippen MR) is 54.6 cm³/mol. The van der Waals surface area contributed by atoms with Crippen LogP contribution in [0.15, 0.2) is 0 Å². The first kappa shape index (κ1) is 13.2. The van der Waals surface area contributed by atoms with Crippen LogP contribution >= 0.6 is 0 Å². The number of rotatable bonds is 1. The summed E-state index contributed by atoms with van der Waals surface area (Å²) in [5, 5.41) is 9.04. The number of aliphatic carboxylic acids is 1. The van der Waals surface area contributed by atoms with Crippen LogP contribution in [0.1, 0.15) is 25.7 Å². The molecular weight excluding hydrogens is 251 g/mol. The van der Waals surface area contributed by atoms with Crippen LogP contribution in [0.2, 0.25) is 0 Å². The summed E-state index contributed by atoms with van der Waals surface area (Å²) >= 11 is 0. The van der Waals surface area contributed by atoms with E-state index in [1.807, 2.05) is 0 Å². The van der Waals surface area contributed by atoms with Gasteiger partial charge in [-0.3, -0.25) is 9.59 Å². The van der Waals surface area contributed by atoms with E-state index in [1.54, 1.807) is 0 Å². The molecule has 7 heteroatoms. The summed E-state index contributed by atoms with van der Waals surface area (Å²) < 4.78 is 37.3. The maximum Gasteiger partial charge on any atom is 0.471 e. The maximum atomic E-state index is 12.4. The highest BCUT2D eigenvalue weighted by molar-refractivity contribution is 5.82. The molecule has 1 amide bonds. The summed E-state index contributed by atoms with van der Waals surface area (Å²) in [5.41, 5.74) is 0. The van der Waals surface area contributed by atoms with Crippen LogP contribution in [0.5, 0.6) is 0 Å². The van der Waals surface area contributed by atoms with Crippen molar-refractivity contribution in [3.8, 4) is 0 Å². The predicted octanol–water partition coefficient (Wildman–Crippen LogP) is 1.65. The molecule has 3 unspecified atom stereocenters. The van der Waals surface area contributed by atoms with E-state index in [4.69, 9.17) is 5.11 Å². The lowest BCUT2D eigenvalue weighted by atomic mass is 9.81. The van der Waals surface area contributed by atoms with Crippen molar-refractivity contribution in [1.82, 2.24) is 4.90 Å². The van der Waals surface area contributed by atoms with Crippen molar-refractivity contribution in [2.75, 3.05) is 6.54 Å². The third-order valence-electron chi connectivity index (χ3n) is 3.95. The Kier molecular flexibility index (Phi) is 3.25. The number of alkyl halides is 3. The molecular formula is C11H14F3NO3. The molecule has 2 rings (SSSR count). The zero-order valence-corrected chi connectivity index (χ0v) is 9.61. The van der Waals surface area contributed by atoms with Crippen LogP contribution in [0.4, 0.5) is 13.2 Å². The van der Waals surface area contributed by atoms with E-state index in [9.17, 15) is 22.8 Å². The van der Waals surface area contributed by atoms with E-state index >= 15 is 0 Å². The normalized spacial score (nSPS) is 32.2. The van der Waals surface area contributed by atoms with Gasteiger partial charge in [-0.25, -0.2) is 0 Å². The van der Waals surface area contributed by atoms with Gasteiger partial charge in [-0.1, -0.05) is 6.42 Å². The summed E-state index contributed by atoms with van der Waals surface area (Å²) in [5.74, 6) is -3.74. The molecule has 1 saturated heterocycles. The fourth-order valence-electron chi connectivity index (χ4n) is 3.21. The number of halogens is 3. The van der Waals surface area contributed by atoms with Crippen molar-refractivity contribution in [2.24, 2.45) is 11.8 Å². The quantitative estimate of drug-likeness (QED) is 0.784. The molecule has 0 spiro atoms. The lowest BCUT2D eigenvalue weighted by Gasteiger charge is -2.41. The van der Waals surface area contributed by atoms with Crippen molar-refractivity contribution in [3.05, 3.63) is 0 Å². The summed E-state index contributed by atoms with van der Waals surface area (Å²) in [4.78, 5) is 23.2. The average molecular weight is 265 g/mol. The van der Waals surface area contributed by atoms with Gasteiger partial charge in [-0.05, 0) is 25.2 Å². The zero-order chi connectivity index (χ0) is 13.5. The number of carboxylic acids is 1. The number of carboxylic acid groups (broad SMARTS) is 1. The number of piperidine rings is 1. The number of nitrogens with zero attached hydrogens (tertiary/aromatic N) is 1. The molecule has 1 saturated carbocycles. The van der Waals surface area contributed by atoms with E-state index in [1.165, 1.54) is 0 Å². The van der Waals surface area contributed by atoms with Crippen molar-refractivity contribution in [2.45, 2.75) is 37.9 Å². The van der Waals surface area contributed by atoms with E-state index < -0.39 is 30.0 Å². The number of fused-ring (bicyclic) bond motifs is 1. The Hall–Kier alpha value is -1.27. The van der Waals surface area contributed by atoms with E-state index in [0.717, 1.165) is 4.90 Å². The number of hydrogen-bond donors (Lipinski definition) is 1. The van der Waals surface area contributed by atoms with E-state index in [-0.39, 0.29) is 18.9 Å². The van der Waals surface area contributed by atoms with Gasteiger partial charge < -0.3 is 10.0 Å². The first-order chi connectivity index (χ1) is 8.32. The van der Waals surface area contributed by atoms with E-state index in [2.05, 4.69) is 0 Å². The van der Waals surface area contributed by atoms with Crippen LogP contribution in [0.25, 0.3) is 0 Å². The highest BCUT2D eigenvalue weighted by Crippen LogP contribution is 2.41. The minimum Gasteiger partial charge on any atom is -0.481 e. The Morgan fingerprint density at radius 1 is 1.17 bits per heavy atom. The molecule has 1 N–H and O–H groups in total. The maximum absolute atomic E-state index is 12.4. The molecule has 0 radical (unpaired) electrons. The second-order valence-electron chi connectivity index (χ2n) is 4.89. The van der Waals surface area contributed by atoms with Gasteiger partial charge in [0.05, 0.1) is 5.92 Å². The fourth-order valence-corrected chi connectivity index (χ4v) is 3.21. The largest absolute Gasteiger partial charge is 0.481 e. The smallest absolute Gasteiger partial charge is 0.471 e. The van der Waals surface area contributed by atoms with Gasteiger partial charge in [0.25, 0.3) is 0 Å². The first-order valence-electron chi connectivity index (χ1n) is 5.93. The van der Waals surface area contributed by atoms with Crippen molar-refractivity contribution in [3.63, 3.8) is 0 Å². The van der Waals surface area contributed by atoms with Gasteiger partial charge in [0.1, 0.15) is 0 Å². The van der Waals surface area contributed by atoms with Crippen LogP contribution in [0, 0.1) is 11.8 Å². The molecule has 2 fully saturated rings. The van der Waals surface area contributed by atoms with Crippen molar-refractivity contribution >= 4 is 11.9 Å². The van der Waals surface area contributed by atoms with Crippen LogP contribution in [-0.2, 0) is 9.59 Å².